The average Bonchev–Trinajstić information content (AvgIpc) is 0. The average molecular weight is 275 g/mol. The molecule has 0 saturated heterocycles. The number of rotatable bonds is 0. The first-order valence-corrected chi connectivity index (χ1v) is 0. The fraction of sp³-hybridized carbons (Fsp3) is 0. The van der Waals surface area contributed by atoms with E-state index in [1.165, 1.54) is 0 Å². The van der Waals surface area contributed by atoms with Crippen LogP contribution < -0.4 is 23.5 Å². The van der Waals surface area contributed by atoms with Crippen molar-refractivity contribution >= 4 is 37.7 Å². The Kier molecular flexibility index (Phi) is 1470. The number of halogens is 5. The summed E-state index contributed by atoms with van der Waals surface area (Å²) in [4.78, 5) is 0. The normalized spacial score (nSPS) is 0. The summed E-state index contributed by atoms with van der Waals surface area (Å²) in [6.07, 6.45) is 0. The molecular weight excluding hydrogens is 275 g/mol. The van der Waals surface area contributed by atoms with Crippen LogP contribution in [0.15, 0.2) is 0 Å². The van der Waals surface area contributed by atoms with E-state index in [1.807, 2.05) is 0 Å². The van der Waals surface area contributed by atoms with Crippen molar-refractivity contribution in [1.29, 1.82) is 0 Å². The van der Waals surface area contributed by atoms with E-state index in [0.717, 1.165) is 0 Å². The van der Waals surface area contributed by atoms with Crippen LogP contribution in [0, 0.1) is 41.7 Å². The van der Waals surface area contributed by atoms with Crippen molar-refractivity contribution in [2.75, 3.05) is 0 Å². The van der Waals surface area contributed by atoms with Gasteiger partial charge in [-0.3, -0.25) is 0 Å². The molecule has 0 aliphatic rings. The first-order chi connectivity index (χ1) is 0. The molecule has 41 valence electrons. The van der Waals surface area contributed by atoms with Gasteiger partial charge < -0.3 is 23.5 Å². The maximum Gasteiger partial charge on any atom is 3.00 e. The van der Waals surface area contributed by atoms with Gasteiger partial charge in [0.2, 0.25) is 0 Å². The van der Waals surface area contributed by atoms with E-state index in [-0.39, 0.29) is 103 Å². The van der Waals surface area contributed by atoms with Gasteiger partial charge in [0.15, 0.2) is 0 Å². The molecule has 0 aliphatic heterocycles. The minimum Gasteiger partial charge on any atom is -1.00 e. The van der Waals surface area contributed by atoms with E-state index < -0.39 is 0 Å². The molecule has 0 fully saturated rings. The molecule has 0 atom stereocenters. The summed E-state index contributed by atoms with van der Waals surface area (Å²) < 4.78 is 0. The van der Waals surface area contributed by atoms with E-state index in [0.29, 0.717) is 0 Å². The minimum absolute atomic E-state index is 0. The van der Waals surface area contributed by atoms with Crippen LogP contribution >= 0.6 is 0 Å². The van der Waals surface area contributed by atoms with E-state index >= 15 is 0 Å². The molecule has 0 aromatic rings. The third-order valence-corrected chi connectivity index (χ3v) is 0. The van der Waals surface area contributed by atoms with Crippen molar-refractivity contribution in [2.45, 2.75) is 0 Å². The standard InChI is InChI=1S/Ca.Ce.5FH/h;;5*1H/q+2;+3;;;;;/p-5. The second-order valence-corrected chi connectivity index (χ2v) is 0. The van der Waals surface area contributed by atoms with Crippen molar-refractivity contribution < 1.29 is 65.3 Å². The van der Waals surface area contributed by atoms with Gasteiger partial charge in [0.05, 0.1) is 0 Å². The van der Waals surface area contributed by atoms with Crippen molar-refractivity contribution in [3.63, 3.8) is 0 Å². The molecule has 0 unspecified atom stereocenters. The molecule has 0 aromatic heterocycles. The van der Waals surface area contributed by atoms with Crippen molar-refractivity contribution in [1.82, 2.24) is 0 Å². The number of hydrogen-bond donors (Lipinski definition) is 0. The maximum atomic E-state index is 0. The fourth-order valence-electron chi connectivity index (χ4n) is 0. The summed E-state index contributed by atoms with van der Waals surface area (Å²) in [6.45, 7) is 0. The Morgan fingerprint density at radius 2 is 0.429 bits per heavy atom. The summed E-state index contributed by atoms with van der Waals surface area (Å²) in [5.74, 6) is 0. The largest absolute Gasteiger partial charge is 3.00 e. The summed E-state index contributed by atoms with van der Waals surface area (Å²) >= 11 is 0. The molecule has 1 radical (unpaired) electrons. The van der Waals surface area contributed by atoms with Crippen LogP contribution in [0.4, 0.5) is 0 Å². The van der Waals surface area contributed by atoms with Gasteiger partial charge in [-0.1, -0.05) is 0 Å². The summed E-state index contributed by atoms with van der Waals surface area (Å²) in [5.41, 5.74) is 0. The van der Waals surface area contributed by atoms with Gasteiger partial charge in [-0.25, -0.2) is 0 Å². The quantitative estimate of drug-likeness (QED) is 0.304. The zero-order valence-corrected chi connectivity index (χ0v) is 8.45. The molecular formula is CaCeF5. The summed E-state index contributed by atoms with van der Waals surface area (Å²) in [7, 11) is 0. The molecule has 0 heterocycles. The molecule has 0 bridgehead atoms. The second kappa shape index (κ2) is 84.2. The molecule has 0 amide bonds. The molecule has 7 heteroatoms. The zero-order chi connectivity index (χ0) is 0. The van der Waals surface area contributed by atoms with Crippen molar-refractivity contribution in [3.05, 3.63) is 0 Å². The molecule has 7 heavy (non-hydrogen) atoms. The predicted octanol–water partition coefficient (Wildman–Crippen LogP) is -15.4. The molecule has 0 nitrogen and oxygen atoms in total. The van der Waals surface area contributed by atoms with Gasteiger partial charge in [-0.05, 0) is 0 Å². The van der Waals surface area contributed by atoms with Crippen molar-refractivity contribution in [3.8, 4) is 0 Å². The minimum atomic E-state index is 0. The Labute approximate surface area is 101 Å². The first-order valence-electron chi connectivity index (χ1n) is 0. The third kappa shape index (κ3) is 62.6. The van der Waals surface area contributed by atoms with Gasteiger partial charge in [-0.15, -0.1) is 0 Å². The molecule has 0 rings (SSSR count). The number of hydrogen-bond acceptors (Lipinski definition) is 0. The van der Waals surface area contributed by atoms with Crippen LogP contribution in [0.1, 0.15) is 0 Å². The van der Waals surface area contributed by atoms with Gasteiger partial charge in [0.25, 0.3) is 0 Å². The van der Waals surface area contributed by atoms with E-state index in [4.69, 9.17) is 0 Å². The maximum absolute atomic E-state index is 0. The molecule has 0 saturated carbocycles. The van der Waals surface area contributed by atoms with Crippen LogP contribution in [-0.2, 0) is 0 Å². The van der Waals surface area contributed by atoms with E-state index in [9.17, 15) is 0 Å². The summed E-state index contributed by atoms with van der Waals surface area (Å²) in [6, 6.07) is 0. The van der Waals surface area contributed by atoms with Crippen LogP contribution in [0.5, 0.6) is 0 Å². The zero-order valence-electron chi connectivity index (χ0n) is 3.10. The van der Waals surface area contributed by atoms with Gasteiger partial charge in [0, 0.05) is 0 Å². The van der Waals surface area contributed by atoms with Crippen LogP contribution in [0.2, 0.25) is 0 Å². The second-order valence-electron chi connectivity index (χ2n) is 0. The predicted molar refractivity (Wildman–Crippen MR) is 5.75 cm³/mol. The van der Waals surface area contributed by atoms with Crippen molar-refractivity contribution in [2.24, 2.45) is 0 Å². The first kappa shape index (κ1) is 122. The van der Waals surface area contributed by atoms with Crippen LogP contribution in [-0.4, -0.2) is 37.7 Å². The Balaban J connectivity index is 0. The molecule has 0 aliphatic carbocycles. The van der Waals surface area contributed by atoms with Gasteiger partial charge >= 0.3 is 79.5 Å². The Bertz CT molecular complexity index is 8.04. The molecule has 0 aromatic carbocycles. The van der Waals surface area contributed by atoms with Gasteiger partial charge in [0.1, 0.15) is 0 Å². The molecule has 0 spiro atoms. The topological polar surface area (TPSA) is 0 Å². The molecule has 0 N–H and O–H groups in total. The van der Waals surface area contributed by atoms with E-state index in [1.54, 1.807) is 0 Å². The monoisotopic (exact) mass is 275 g/mol. The van der Waals surface area contributed by atoms with Crippen LogP contribution in [0.25, 0.3) is 0 Å². The van der Waals surface area contributed by atoms with Gasteiger partial charge in [-0.2, -0.15) is 0 Å². The third-order valence-electron chi connectivity index (χ3n) is 0. The summed E-state index contributed by atoms with van der Waals surface area (Å²) in [5, 5.41) is 0. The smallest absolute Gasteiger partial charge is 1.00 e. The van der Waals surface area contributed by atoms with E-state index in [2.05, 4.69) is 0 Å². The SMILES string of the molecule is [Ca+2].[Ce+3].[F-].[F-].[F-].[F-].[F-]. The Hall–Kier alpha value is 2.29. The van der Waals surface area contributed by atoms with Crippen LogP contribution in [0.3, 0.4) is 0 Å². The Morgan fingerprint density at radius 1 is 0.429 bits per heavy atom. The Morgan fingerprint density at radius 3 is 0.429 bits per heavy atom. The fourth-order valence-corrected chi connectivity index (χ4v) is 0.